The van der Waals surface area contributed by atoms with Gasteiger partial charge in [-0.3, -0.25) is 9.82 Å². The molecule has 1 aromatic heterocycles. The van der Waals surface area contributed by atoms with Gasteiger partial charge in [0.15, 0.2) is 5.82 Å². The van der Waals surface area contributed by atoms with Gasteiger partial charge in [-0.05, 0) is 25.1 Å². The summed E-state index contributed by atoms with van der Waals surface area (Å²) >= 11 is 0. The summed E-state index contributed by atoms with van der Waals surface area (Å²) in [6.45, 7) is 1.74. The molecule has 18 heavy (non-hydrogen) atoms. The highest BCUT2D eigenvalue weighted by atomic mass is 32.2. The number of sulfonamides is 1. The van der Waals surface area contributed by atoms with Crippen LogP contribution >= 0.6 is 0 Å². The molecule has 0 aliphatic rings. The first-order valence-corrected chi connectivity index (χ1v) is 6.46. The molecule has 2 aromatic rings. The number of rotatable bonds is 3. The average Bonchev–Trinajstić information content (AvgIpc) is 2.67. The first-order valence-electron chi connectivity index (χ1n) is 4.98. The molecule has 96 valence electrons. The van der Waals surface area contributed by atoms with Gasteiger partial charge in [0.25, 0.3) is 10.0 Å². The summed E-state index contributed by atoms with van der Waals surface area (Å²) in [5, 5.41) is 6.35. The Bertz CT molecular complexity index is 681. The van der Waals surface area contributed by atoms with Crippen LogP contribution < -0.4 is 10.5 Å². The number of nitrogen functional groups attached to an aromatic ring is 1. The van der Waals surface area contributed by atoms with E-state index in [1.165, 1.54) is 6.07 Å². The number of aromatic amines is 1. The topological polar surface area (TPSA) is 101 Å². The molecule has 0 saturated heterocycles. The molecule has 6 nitrogen and oxygen atoms in total. The van der Waals surface area contributed by atoms with Crippen LogP contribution in [-0.4, -0.2) is 18.6 Å². The number of anilines is 2. The second-order valence-electron chi connectivity index (χ2n) is 3.73. The van der Waals surface area contributed by atoms with Crippen LogP contribution in [0.2, 0.25) is 0 Å². The second-order valence-corrected chi connectivity index (χ2v) is 5.41. The van der Waals surface area contributed by atoms with Gasteiger partial charge >= 0.3 is 0 Å². The summed E-state index contributed by atoms with van der Waals surface area (Å²) in [6.07, 6.45) is 0. The molecule has 0 radical (unpaired) electrons. The van der Waals surface area contributed by atoms with Crippen LogP contribution in [0.4, 0.5) is 15.9 Å². The Labute approximate surface area is 103 Å². The molecule has 0 unspecified atom stereocenters. The van der Waals surface area contributed by atoms with Gasteiger partial charge < -0.3 is 5.73 Å². The lowest BCUT2D eigenvalue weighted by atomic mass is 10.3. The van der Waals surface area contributed by atoms with Gasteiger partial charge in [-0.15, -0.1) is 0 Å². The van der Waals surface area contributed by atoms with Gasteiger partial charge in [0.1, 0.15) is 5.82 Å². The monoisotopic (exact) mass is 270 g/mol. The molecule has 8 heteroatoms. The van der Waals surface area contributed by atoms with Crippen molar-refractivity contribution in [2.24, 2.45) is 0 Å². The van der Waals surface area contributed by atoms with Crippen molar-refractivity contribution in [2.45, 2.75) is 11.8 Å². The molecule has 0 bridgehead atoms. The average molecular weight is 270 g/mol. The smallest absolute Gasteiger partial charge is 0.263 e. The van der Waals surface area contributed by atoms with E-state index < -0.39 is 15.8 Å². The Morgan fingerprint density at radius 1 is 1.39 bits per heavy atom. The van der Waals surface area contributed by atoms with Crippen molar-refractivity contribution in [3.05, 3.63) is 35.8 Å². The zero-order chi connectivity index (χ0) is 13.3. The van der Waals surface area contributed by atoms with E-state index in [1.54, 1.807) is 6.92 Å². The predicted octanol–water partition coefficient (Wildman–Crippen LogP) is 1.24. The summed E-state index contributed by atoms with van der Waals surface area (Å²) < 4.78 is 39.1. The van der Waals surface area contributed by atoms with Crippen molar-refractivity contribution >= 4 is 21.5 Å². The van der Waals surface area contributed by atoms with E-state index in [0.29, 0.717) is 5.69 Å². The first kappa shape index (κ1) is 12.4. The Hall–Kier alpha value is -2.09. The largest absolute Gasteiger partial charge is 0.396 e. The van der Waals surface area contributed by atoms with Crippen LogP contribution in [0.25, 0.3) is 0 Å². The van der Waals surface area contributed by atoms with E-state index in [2.05, 4.69) is 14.9 Å². The molecular weight excluding hydrogens is 259 g/mol. The van der Waals surface area contributed by atoms with Crippen LogP contribution in [0.1, 0.15) is 5.69 Å². The van der Waals surface area contributed by atoms with Crippen molar-refractivity contribution in [1.29, 1.82) is 0 Å². The van der Waals surface area contributed by atoms with Crippen LogP contribution in [0, 0.1) is 12.7 Å². The number of aromatic nitrogens is 2. The fourth-order valence-corrected chi connectivity index (χ4v) is 2.38. The highest BCUT2D eigenvalue weighted by molar-refractivity contribution is 7.92. The number of hydrogen-bond acceptors (Lipinski definition) is 4. The fourth-order valence-electron chi connectivity index (χ4n) is 1.36. The van der Waals surface area contributed by atoms with Gasteiger partial charge in [-0.25, -0.2) is 12.8 Å². The van der Waals surface area contributed by atoms with Crippen LogP contribution in [0.15, 0.2) is 29.2 Å². The maximum Gasteiger partial charge on any atom is 0.263 e. The highest BCUT2D eigenvalue weighted by Crippen LogP contribution is 2.19. The third kappa shape index (κ3) is 2.43. The lowest BCUT2D eigenvalue weighted by molar-refractivity contribution is 0.600. The van der Waals surface area contributed by atoms with Crippen molar-refractivity contribution in [1.82, 2.24) is 10.2 Å². The Morgan fingerprint density at radius 3 is 2.67 bits per heavy atom. The normalized spacial score (nSPS) is 11.4. The molecule has 0 atom stereocenters. The van der Waals surface area contributed by atoms with Crippen molar-refractivity contribution in [3.8, 4) is 0 Å². The second kappa shape index (κ2) is 4.30. The van der Waals surface area contributed by atoms with E-state index in [4.69, 9.17) is 5.73 Å². The van der Waals surface area contributed by atoms with Crippen molar-refractivity contribution in [2.75, 3.05) is 10.5 Å². The third-order valence-electron chi connectivity index (χ3n) is 2.22. The highest BCUT2D eigenvalue weighted by Gasteiger charge is 2.16. The molecule has 4 N–H and O–H groups in total. The van der Waals surface area contributed by atoms with E-state index in [0.717, 1.165) is 18.2 Å². The number of nitrogens with zero attached hydrogens (tertiary/aromatic N) is 1. The van der Waals surface area contributed by atoms with Gasteiger partial charge in [-0.2, -0.15) is 5.10 Å². The molecule has 0 fully saturated rings. The minimum atomic E-state index is -3.82. The van der Waals surface area contributed by atoms with Gasteiger partial charge in [0.2, 0.25) is 0 Å². The zero-order valence-electron chi connectivity index (χ0n) is 9.44. The summed E-state index contributed by atoms with van der Waals surface area (Å²) in [7, 11) is -3.82. The molecule has 1 heterocycles. The van der Waals surface area contributed by atoms with Crippen LogP contribution in [0.5, 0.6) is 0 Å². The van der Waals surface area contributed by atoms with E-state index >= 15 is 0 Å². The third-order valence-corrected chi connectivity index (χ3v) is 3.58. The molecule has 0 saturated carbocycles. The Kier molecular flexibility index (Phi) is 2.95. The quantitative estimate of drug-likeness (QED) is 0.730. The number of hydrogen-bond donors (Lipinski definition) is 3. The molecule has 0 aliphatic carbocycles. The maximum atomic E-state index is 13.0. The van der Waals surface area contributed by atoms with Crippen molar-refractivity contribution in [3.63, 3.8) is 0 Å². The summed E-state index contributed by atoms with van der Waals surface area (Å²) in [4.78, 5) is -0.123. The number of benzene rings is 1. The number of H-pyrrole nitrogens is 1. The van der Waals surface area contributed by atoms with Gasteiger partial charge in [0.05, 0.1) is 10.6 Å². The van der Waals surface area contributed by atoms with Crippen LogP contribution in [0.3, 0.4) is 0 Å². The molecule has 0 spiro atoms. The fraction of sp³-hybridized carbons (Fsp3) is 0.100. The molecule has 2 rings (SSSR count). The maximum absolute atomic E-state index is 13.0. The predicted molar refractivity (Wildman–Crippen MR) is 64.9 cm³/mol. The molecule has 0 amide bonds. The first-order chi connectivity index (χ1) is 8.38. The summed E-state index contributed by atoms with van der Waals surface area (Å²) in [5.74, 6) is -0.500. The van der Waals surface area contributed by atoms with Crippen molar-refractivity contribution < 1.29 is 12.8 Å². The van der Waals surface area contributed by atoms with Gasteiger partial charge in [-0.1, -0.05) is 0 Å². The number of aryl methyl sites for hydroxylation is 1. The summed E-state index contributed by atoms with van der Waals surface area (Å²) in [6, 6.07) is 4.72. The Balaban J connectivity index is 2.33. The van der Waals surface area contributed by atoms with Gasteiger partial charge in [0, 0.05) is 11.8 Å². The van der Waals surface area contributed by atoms with E-state index in [1.807, 2.05) is 0 Å². The minimum Gasteiger partial charge on any atom is -0.396 e. The SMILES string of the molecule is Cc1cc(NS(=O)(=O)c2ccc(F)c(N)c2)n[nH]1. The van der Waals surface area contributed by atoms with E-state index in [9.17, 15) is 12.8 Å². The van der Waals surface area contributed by atoms with Crippen LogP contribution in [-0.2, 0) is 10.0 Å². The molecular formula is C10H11FN4O2S. The zero-order valence-corrected chi connectivity index (χ0v) is 10.3. The number of nitrogens with two attached hydrogens (primary N) is 1. The minimum absolute atomic E-state index is 0.123. The summed E-state index contributed by atoms with van der Waals surface area (Å²) in [5.41, 5.74) is 5.81. The lowest BCUT2D eigenvalue weighted by Gasteiger charge is -2.06. The standard InChI is InChI=1S/C10H11FN4O2S/c1-6-4-10(14-13-6)15-18(16,17)7-2-3-8(11)9(12)5-7/h2-5H,12H2,1H3,(H2,13,14,15). The number of halogens is 1. The lowest BCUT2D eigenvalue weighted by Crippen LogP contribution is -2.13. The number of nitrogens with one attached hydrogen (secondary N) is 2. The van der Waals surface area contributed by atoms with E-state index in [-0.39, 0.29) is 16.4 Å². The molecule has 1 aromatic carbocycles. The Morgan fingerprint density at radius 2 is 2.11 bits per heavy atom. The molecule has 0 aliphatic heterocycles.